The van der Waals surface area contributed by atoms with E-state index in [1.807, 2.05) is 6.08 Å². The van der Waals surface area contributed by atoms with E-state index in [0.29, 0.717) is 6.42 Å². The molecule has 0 saturated heterocycles. The minimum atomic E-state index is -4.57. The van der Waals surface area contributed by atoms with Crippen LogP contribution in [-0.2, 0) is 4.74 Å². The third-order valence-electron chi connectivity index (χ3n) is 1.88. The number of hydrogen-bond acceptors (Lipinski definition) is 1. The van der Waals surface area contributed by atoms with Crippen LogP contribution in [0.4, 0.5) is 13.2 Å². The Kier molecular flexibility index (Phi) is 2.68. The van der Waals surface area contributed by atoms with E-state index in [1.54, 1.807) is 13.8 Å². The maximum atomic E-state index is 11.9. The minimum absolute atomic E-state index is 0.00694. The van der Waals surface area contributed by atoms with Gasteiger partial charge in [0.15, 0.2) is 0 Å². The lowest BCUT2D eigenvalue weighted by Gasteiger charge is -2.20. The van der Waals surface area contributed by atoms with E-state index >= 15 is 0 Å². The highest BCUT2D eigenvalue weighted by Crippen LogP contribution is 2.30. The zero-order valence-electron chi connectivity index (χ0n) is 7.48. The van der Waals surface area contributed by atoms with Crippen LogP contribution in [0.15, 0.2) is 23.5 Å². The number of halogens is 3. The molecular formula is C9H11F3O. The Bertz CT molecular complexity index is 250. The summed E-state index contributed by atoms with van der Waals surface area (Å²) in [6, 6.07) is 0. The zero-order valence-corrected chi connectivity index (χ0v) is 7.48. The standard InChI is InChI=1S/C9H11F3O/c1-6-3-4-7(2)8(5-6)13-9(10,11)12/h3,5,7H,4H2,1-2H3. The molecule has 1 aliphatic rings. The molecule has 13 heavy (non-hydrogen) atoms. The molecule has 74 valence electrons. The first-order valence-corrected chi connectivity index (χ1v) is 4.02. The van der Waals surface area contributed by atoms with Crippen molar-refractivity contribution < 1.29 is 17.9 Å². The number of alkyl halides is 3. The van der Waals surface area contributed by atoms with Crippen molar-refractivity contribution in [2.45, 2.75) is 26.6 Å². The molecule has 0 aromatic heterocycles. The minimum Gasteiger partial charge on any atom is -0.410 e. The van der Waals surface area contributed by atoms with E-state index in [0.717, 1.165) is 5.57 Å². The maximum Gasteiger partial charge on any atom is 0.572 e. The van der Waals surface area contributed by atoms with Crippen molar-refractivity contribution in [3.63, 3.8) is 0 Å². The maximum absolute atomic E-state index is 11.9. The van der Waals surface area contributed by atoms with Gasteiger partial charge in [0.2, 0.25) is 0 Å². The van der Waals surface area contributed by atoms with Gasteiger partial charge in [0.1, 0.15) is 5.76 Å². The molecular weight excluding hydrogens is 181 g/mol. The molecule has 0 aromatic carbocycles. The summed E-state index contributed by atoms with van der Waals surface area (Å²) in [4.78, 5) is 0. The summed E-state index contributed by atoms with van der Waals surface area (Å²) >= 11 is 0. The van der Waals surface area contributed by atoms with E-state index in [9.17, 15) is 13.2 Å². The van der Waals surface area contributed by atoms with Crippen molar-refractivity contribution in [1.82, 2.24) is 0 Å². The Hall–Kier alpha value is -0.930. The molecule has 1 rings (SSSR count). The fraction of sp³-hybridized carbons (Fsp3) is 0.556. The topological polar surface area (TPSA) is 9.23 Å². The third kappa shape index (κ3) is 3.13. The lowest BCUT2D eigenvalue weighted by atomic mass is 9.97. The van der Waals surface area contributed by atoms with E-state index < -0.39 is 6.36 Å². The van der Waals surface area contributed by atoms with Crippen LogP contribution in [0.3, 0.4) is 0 Å². The van der Waals surface area contributed by atoms with Gasteiger partial charge in [-0.3, -0.25) is 0 Å². The van der Waals surface area contributed by atoms with Crippen LogP contribution in [0.5, 0.6) is 0 Å². The lowest BCUT2D eigenvalue weighted by Crippen LogP contribution is -2.17. The van der Waals surface area contributed by atoms with Gasteiger partial charge in [-0.1, -0.05) is 18.6 Å². The predicted octanol–water partition coefficient (Wildman–Crippen LogP) is 3.39. The largest absolute Gasteiger partial charge is 0.572 e. The summed E-state index contributed by atoms with van der Waals surface area (Å²) in [6.45, 7) is 3.46. The Labute approximate surface area is 74.9 Å². The first kappa shape index (κ1) is 10.2. The smallest absolute Gasteiger partial charge is 0.410 e. The van der Waals surface area contributed by atoms with Gasteiger partial charge in [-0.2, -0.15) is 0 Å². The number of allylic oxidation sites excluding steroid dienone is 4. The molecule has 0 amide bonds. The molecule has 0 N–H and O–H groups in total. The second-order valence-electron chi connectivity index (χ2n) is 3.18. The van der Waals surface area contributed by atoms with Crippen LogP contribution >= 0.6 is 0 Å². The molecule has 0 aliphatic heterocycles. The zero-order chi connectivity index (χ0) is 10.1. The first-order chi connectivity index (χ1) is 5.88. The predicted molar refractivity (Wildman–Crippen MR) is 42.8 cm³/mol. The van der Waals surface area contributed by atoms with E-state index in [2.05, 4.69) is 4.74 Å². The second-order valence-corrected chi connectivity index (χ2v) is 3.18. The molecule has 0 fully saturated rings. The van der Waals surface area contributed by atoms with Crippen LogP contribution in [0.2, 0.25) is 0 Å². The van der Waals surface area contributed by atoms with Crippen molar-refractivity contribution >= 4 is 0 Å². The summed E-state index contributed by atoms with van der Waals surface area (Å²) < 4.78 is 39.5. The second kappa shape index (κ2) is 3.44. The lowest BCUT2D eigenvalue weighted by molar-refractivity contribution is -0.308. The molecule has 4 heteroatoms. The highest BCUT2D eigenvalue weighted by molar-refractivity contribution is 5.24. The fourth-order valence-electron chi connectivity index (χ4n) is 1.17. The molecule has 1 unspecified atom stereocenters. The quantitative estimate of drug-likeness (QED) is 0.618. The molecule has 1 atom stereocenters. The molecule has 0 saturated carbocycles. The van der Waals surface area contributed by atoms with Crippen molar-refractivity contribution in [3.05, 3.63) is 23.5 Å². The molecule has 1 nitrogen and oxygen atoms in total. The van der Waals surface area contributed by atoms with Gasteiger partial charge >= 0.3 is 6.36 Å². The summed E-state index contributed by atoms with van der Waals surface area (Å²) in [6.07, 6.45) is -0.638. The molecule has 1 aliphatic carbocycles. The van der Waals surface area contributed by atoms with Gasteiger partial charge in [0.05, 0.1) is 0 Å². The number of hydrogen-bond donors (Lipinski definition) is 0. The highest BCUT2D eigenvalue weighted by atomic mass is 19.4. The Morgan fingerprint density at radius 2 is 2.08 bits per heavy atom. The molecule has 0 bridgehead atoms. The average Bonchev–Trinajstić information content (AvgIpc) is 1.94. The van der Waals surface area contributed by atoms with Crippen LogP contribution in [0.1, 0.15) is 20.3 Å². The van der Waals surface area contributed by atoms with Crippen LogP contribution in [0, 0.1) is 5.92 Å². The van der Waals surface area contributed by atoms with Gasteiger partial charge in [-0.25, -0.2) is 0 Å². The summed E-state index contributed by atoms with van der Waals surface area (Å²) in [5.41, 5.74) is 0.817. The van der Waals surface area contributed by atoms with Gasteiger partial charge in [0.25, 0.3) is 0 Å². The van der Waals surface area contributed by atoms with Gasteiger partial charge < -0.3 is 4.74 Å². The third-order valence-corrected chi connectivity index (χ3v) is 1.88. The Morgan fingerprint density at radius 3 is 2.62 bits per heavy atom. The van der Waals surface area contributed by atoms with Crippen LogP contribution in [0.25, 0.3) is 0 Å². The number of rotatable bonds is 1. The molecule has 0 spiro atoms. The molecule has 0 radical (unpaired) electrons. The Balaban J connectivity index is 2.72. The highest BCUT2D eigenvalue weighted by Gasteiger charge is 2.33. The number of ether oxygens (including phenoxy) is 1. The van der Waals surface area contributed by atoms with E-state index in [1.165, 1.54) is 6.08 Å². The van der Waals surface area contributed by atoms with Gasteiger partial charge in [-0.05, 0) is 19.4 Å². The van der Waals surface area contributed by atoms with Crippen molar-refractivity contribution in [2.24, 2.45) is 5.92 Å². The summed E-state index contributed by atoms with van der Waals surface area (Å²) in [7, 11) is 0. The SMILES string of the molecule is CC1=CCC(C)C(OC(F)(F)F)=C1. The monoisotopic (exact) mass is 192 g/mol. The van der Waals surface area contributed by atoms with Crippen molar-refractivity contribution in [3.8, 4) is 0 Å². The van der Waals surface area contributed by atoms with Gasteiger partial charge in [-0.15, -0.1) is 13.2 Å². The van der Waals surface area contributed by atoms with Crippen molar-refractivity contribution in [2.75, 3.05) is 0 Å². The first-order valence-electron chi connectivity index (χ1n) is 4.02. The van der Waals surface area contributed by atoms with E-state index in [4.69, 9.17) is 0 Å². The van der Waals surface area contributed by atoms with Gasteiger partial charge in [0, 0.05) is 5.92 Å². The normalized spacial score (nSPS) is 23.6. The molecule has 0 aromatic rings. The van der Waals surface area contributed by atoms with Crippen LogP contribution < -0.4 is 0 Å². The van der Waals surface area contributed by atoms with Crippen LogP contribution in [-0.4, -0.2) is 6.36 Å². The molecule has 0 heterocycles. The van der Waals surface area contributed by atoms with Crippen molar-refractivity contribution in [1.29, 1.82) is 0 Å². The van der Waals surface area contributed by atoms with E-state index in [-0.39, 0.29) is 11.7 Å². The Morgan fingerprint density at radius 1 is 1.46 bits per heavy atom. The summed E-state index contributed by atoms with van der Waals surface area (Å²) in [5, 5.41) is 0. The average molecular weight is 192 g/mol. The summed E-state index contributed by atoms with van der Waals surface area (Å²) in [5.74, 6) is -0.183. The fourth-order valence-corrected chi connectivity index (χ4v) is 1.17.